The van der Waals surface area contributed by atoms with Crippen molar-refractivity contribution in [2.45, 2.75) is 67.0 Å². The van der Waals surface area contributed by atoms with E-state index in [0.29, 0.717) is 6.04 Å². The molecule has 0 rings (SSSR count). The quantitative estimate of drug-likeness (QED) is 0.697. The van der Waals surface area contributed by atoms with Crippen LogP contribution in [0.5, 0.6) is 0 Å². The van der Waals surface area contributed by atoms with Crippen molar-refractivity contribution in [1.29, 1.82) is 0 Å². The van der Waals surface area contributed by atoms with E-state index in [-0.39, 0.29) is 16.9 Å². The molecule has 0 spiro atoms. The molecule has 0 aromatic heterocycles. The van der Waals surface area contributed by atoms with E-state index < -0.39 is 0 Å². The molecule has 2 atom stereocenters. The van der Waals surface area contributed by atoms with Crippen LogP contribution in [-0.2, 0) is 0 Å². The normalized spacial score (nSPS) is 15.7. The van der Waals surface area contributed by atoms with Gasteiger partial charge in [0.25, 0.3) is 0 Å². The molecule has 0 amide bonds. The molecule has 0 saturated heterocycles. The van der Waals surface area contributed by atoms with Gasteiger partial charge in [-0.15, -0.1) is 6.58 Å². The maximum Gasteiger partial charge on any atom is 0.0919 e. The van der Waals surface area contributed by atoms with E-state index in [9.17, 15) is 0 Å². The lowest BCUT2D eigenvalue weighted by Gasteiger charge is -2.35. The third kappa shape index (κ3) is 5.61. The van der Waals surface area contributed by atoms with E-state index in [2.05, 4.69) is 72.3 Å². The van der Waals surface area contributed by atoms with Gasteiger partial charge in [0.1, 0.15) is 0 Å². The first-order valence-corrected chi connectivity index (χ1v) is 6.87. The van der Waals surface area contributed by atoms with E-state index >= 15 is 0 Å². The van der Waals surface area contributed by atoms with Crippen molar-refractivity contribution in [1.82, 2.24) is 10.6 Å². The molecule has 0 radical (unpaired) electrons. The Labute approximate surface area is 114 Å². The third-order valence-corrected chi connectivity index (χ3v) is 3.30. The topological polar surface area (TPSA) is 24.1 Å². The Bertz CT molecular complexity index is 278. The zero-order valence-corrected chi connectivity index (χ0v) is 13.4. The monoisotopic (exact) mass is 252 g/mol. The van der Waals surface area contributed by atoms with Crippen LogP contribution in [-0.4, -0.2) is 12.1 Å². The third-order valence-electron chi connectivity index (χ3n) is 3.30. The average molecular weight is 252 g/mol. The predicted molar refractivity (Wildman–Crippen MR) is 82.4 cm³/mol. The fourth-order valence-corrected chi connectivity index (χ4v) is 2.00. The van der Waals surface area contributed by atoms with Crippen molar-refractivity contribution in [3.05, 3.63) is 25.1 Å². The highest BCUT2D eigenvalue weighted by molar-refractivity contribution is 5.04. The summed E-state index contributed by atoms with van der Waals surface area (Å²) in [5, 5.41) is 6.91. The minimum absolute atomic E-state index is 0.135. The summed E-state index contributed by atoms with van der Waals surface area (Å²) in [5.74, 6) is 0.886. The van der Waals surface area contributed by atoms with Gasteiger partial charge in [-0.2, -0.15) is 0 Å². The van der Waals surface area contributed by atoms with Gasteiger partial charge in [0.2, 0.25) is 0 Å². The van der Waals surface area contributed by atoms with Crippen LogP contribution < -0.4 is 10.6 Å². The van der Waals surface area contributed by atoms with Gasteiger partial charge >= 0.3 is 0 Å². The summed E-state index contributed by atoms with van der Waals surface area (Å²) in [6.45, 7) is 23.5. The minimum Gasteiger partial charge on any atom is -0.369 e. The Morgan fingerprint density at radius 3 is 1.83 bits per heavy atom. The highest BCUT2D eigenvalue weighted by Crippen LogP contribution is 2.23. The van der Waals surface area contributed by atoms with Gasteiger partial charge in [-0.25, -0.2) is 0 Å². The van der Waals surface area contributed by atoms with E-state index in [1.165, 1.54) is 0 Å². The second-order valence-electron chi connectivity index (χ2n) is 7.17. The van der Waals surface area contributed by atoms with Gasteiger partial charge in [-0.3, -0.25) is 0 Å². The molecule has 2 heteroatoms. The largest absolute Gasteiger partial charge is 0.369 e. The van der Waals surface area contributed by atoms with Crippen molar-refractivity contribution in [3.63, 3.8) is 0 Å². The van der Waals surface area contributed by atoms with Crippen molar-refractivity contribution in [3.8, 4) is 0 Å². The first kappa shape index (κ1) is 17.1. The molecule has 0 saturated carbocycles. The molecule has 0 fully saturated rings. The highest BCUT2D eigenvalue weighted by Gasteiger charge is 2.25. The number of rotatable bonds is 6. The summed E-state index contributed by atoms with van der Waals surface area (Å²) in [6.07, 6.45) is 3.03. The Balaban J connectivity index is 4.55. The maximum atomic E-state index is 4.09. The second-order valence-corrected chi connectivity index (χ2v) is 7.17. The van der Waals surface area contributed by atoms with E-state index in [0.717, 1.165) is 12.2 Å². The van der Waals surface area contributed by atoms with Crippen LogP contribution in [0.3, 0.4) is 0 Å². The molecule has 0 bridgehead atoms. The lowest BCUT2D eigenvalue weighted by atomic mass is 9.85. The molecule has 0 aliphatic rings. The van der Waals surface area contributed by atoms with Gasteiger partial charge < -0.3 is 10.6 Å². The molecular weight excluding hydrogens is 220 g/mol. The highest BCUT2D eigenvalue weighted by atomic mass is 15.1. The first-order valence-electron chi connectivity index (χ1n) is 6.87. The molecular formula is C16H32N2. The molecule has 2 N–H and O–H groups in total. The van der Waals surface area contributed by atoms with Gasteiger partial charge in [-0.1, -0.05) is 61.1 Å². The molecule has 2 unspecified atom stereocenters. The van der Waals surface area contributed by atoms with Gasteiger partial charge in [0, 0.05) is 6.04 Å². The SMILES string of the molecule is C=CC(NC(=C)NC(CC)C(C)(C)C)C(C)(C)C. The number of hydrogen-bond donors (Lipinski definition) is 2. The van der Waals surface area contributed by atoms with Crippen molar-refractivity contribution < 1.29 is 0 Å². The van der Waals surface area contributed by atoms with Crippen LogP contribution in [0.4, 0.5) is 0 Å². The smallest absolute Gasteiger partial charge is 0.0919 e. The van der Waals surface area contributed by atoms with Gasteiger partial charge in [0.15, 0.2) is 0 Å². The van der Waals surface area contributed by atoms with Crippen molar-refractivity contribution in [2.75, 3.05) is 0 Å². The fourth-order valence-electron chi connectivity index (χ4n) is 2.00. The standard InChI is InChI=1S/C16H32N2/c1-10-13(15(4,5)6)17-12(3)18-14(11-2)16(7,8)9/h10,13-14,17-18H,1,3,11H2,2,4-9H3. The molecule has 0 aliphatic carbocycles. The first-order chi connectivity index (χ1) is 8.02. The van der Waals surface area contributed by atoms with Crippen molar-refractivity contribution >= 4 is 0 Å². The van der Waals surface area contributed by atoms with Gasteiger partial charge in [-0.05, 0) is 17.3 Å². The van der Waals surface area contributed by atoms with Crippen LogP contribution in [0, 0.1) is 10.8 Å². The van der Waals surface area contributed by atoms with Crippen LogP contribution in [0.2, 0.25) is 0 Å². The predicted octanol–water partition coefficient (Wildman–Crippen LogP) is 4.06. The molecule has 0 aliphatic heterocycles. The fraction of sp³-hybridized carbons (Fsp3) is 0.750. The maximum absolute atomic E-state index is 4.09. The Morgan fingerprint density at radius 1 is 1.06 bits per heavy atom. The summed E-state index contributed by atoms with van der Waals surface area (Å²) in [7, 11) is 0. The zero-order valence-electron chi connectivity index (χ0n) is 13.4. The number of nitrogens with one attached hydrogen (secondary N) is 2. The Kier molecular flexibility index (Phi) is 5.98. The summed E-state index contributed by atoms with van der Waals surface area (Å²) in [4.78, 5) is 0. The lowest BCUT2D eigenvalue weighted by molar-refractivity contribution is 0.262. The van der Waals surface area contributed by atoms with E-state index in [4.69, 9.17) is 0 Å². The summed E-state index contributed by atoms with van der Waals surface area (Å²) in [5.41, 5.74) is 0.362. The van der Waals surface area contributed by atoms with Crippen LogP contribution in [0.25, 0.3) is 0 Å². The summed E-state index contributed by atoms with van der Waals surface area (Å²) in [6, 6.07) is 0.637. The minimum atomic E-state index is 0.135. The van der Waals surface area contributed by atoms with Crippen LogP contribution in [0.1, 0.15) is 54.9 Å². The zero-order chi connectivity index (χ0) is 14.6. The Morgan fingerprint density at radius 2 is 1.56 bits per heavy atom. The molecule has 106 valence electrons. The molecule has 18 heavy (non-hydrogen) atoms. The lowest BCUT2D eigenvalue weighted by Crippen LogP contribution is -2.46. The summed E-state index contributed by atoms with van der Waals surface area (Å²) >= 11 is 0. The molecule has 2 nitrogen and oxygen atoms in total. The van der Waals surface area contributed by atoms with E-state index in [1.807, 2.05) is 6.08 Å². The van der Waals surface area contributed by atoms with E-state index in [1.54, 1.807) is 0 Å². The number of hydrogen-bond acceptors (Lipinski definition) is 2. The Hall–Kier alpha value is -0.920. The van der Waals surface area contributed by atoms with Crippen LogP contribution in [0.15, 0.2) is 25.1 Å². The molecule has 0 heterocycles. The summed E-state index contributed by atoms with van der Waals surface area (Å²) < 4.78 is 0. The molecule has 0 aromatic rings. The van der Waals surface area contributed by atoms with Crippen molar-refractivity contribution in [2.24, 2.45) is 10.8 Å². The second kappa shape index (κ2) is 6.31. The molecule has 0 aromatic carbocycles. The average Bonchev–Trinajstić information content (AvgIpc) is 2.19. The van der Waals surface area contributed by atoms with Gasteiger partial charge in [0.05, 0.1) is 11.9 Å². The van der Waals surface area contributed by atoms with Crippen LogP contribution >= 0.6 is 0 Å².